The van der Waals surface area contributed by atoms with Gasteiger partial charge in [0.2, 0.25) is 9.04 Å². The van der Waals surface area contributed by atoms with E-state index in [2.05, 4.69) is 82.4 Å². The molecule has 0 aliphatic heterocycles. The van der Waals surface area contributed by atoms with Gasteiger partial charge in [0.05, 0.1) is 7.11 Å². The minimum absolute atomic E-state index is 0.0498. The van der Waals surface area contributed by atoms with Gasteiger partial charge in [0, 0.05) is 10.9 Å². The van der Waals surface area contributed by atoms with Crippen molar-refractivity contribution in [2.45, 2.75) is 83.2 Å². The van der Waals surface area contributed by atoms with Crippen molar-refractivity contribution in [2.24, 2.45) is 17.8 Å². The van der Waals surface area contributed by atoms with Gasteiger partial charge in [-0.25, -0.2) is 0 Å². The highest BCUT2D eigenvalue weighted by atomic mass is 28.3. The van der Waals surface area contributed by atoms with E-state index in [1.165, 1.54) is 71.6 Å². The summed E-state index contributed by atoms with van der Waals surface area (Å²) in [7, 11) is 0.612. The molecule has 36 heavy (non-hydrogen) atoms. The van der Waals surface area contributed by atoms with E-state index in [9.17, 15) is 0 Å². The van der Waals surface area contributed by atoms with Crippen LogP contribution in [0.5, 0.6) is 11.5 Å². The number of benzene rings is 3. The van der Waals surface area contributed by atoms with Crippen LogP contribution in [0.15, 0.2) is 48.5 Å². The molecule has 0 atom stereocenters. The summed E-state index contributed by atoms with van der Waals surface area (Å²) in [6.07, 6.45) is 8.45. The fourth-order valence-electron chi connectivity index (χ4n) is 8.18. The molecule has 0 heterocycles. The lowest BCUT2D eigenvalue weighted by atomic mass is 9.48. The number of ether oxygens (including phenoxy) is 1. The number of hydrogen-bond acceptors (Lipinski definition) is 2. The van der Waals surface area contributed by atoms with Crippen molar-refractivity contribution in [1.82, 2.24) is 0 Å². The summed E-state index contributed by atoms with van der Waals surface area (Å²) in [5.41, 5.74) is 5.74. The molecule has 0 saturated heterocycles. The van der Waals surface area contributed by atoms with Crippen LogP contribution in [-0.4, -0.2) is 16.2 Å². The van der Waals surface area contributed by atoms with Crippen LogP contribution in [0, 0.1) is 17.8 Å². The average molecular weight is 499 g/mol. The average Bonchev–Trinajstić information content (AvgIpc) is 2.81. The lowest BCUT2D eigenvalue weighted by Crippen LogP contribution is -2.48. The maximum Gasteiger partial charge on any atom is 0.229 e. The van der Waals surface area contributed by atoms with Gasteiger partial charge in [0.1, 0.15) is 11.5 Å². The molecular weight excluding hydrogens is 456 g/mol. The van der Waals surface area contributed by atoms with Gasteiger partial charge in [0.25, 0.3) is 0 Å². The standard InChI is InChI=1S/C33H42O2Si/c1-32(2,3)28-11-8-26-16-24(7-10-27(26)31(28)35-36(5)6)25-9-12-30(34-4)29(17-25)33-18-21-13-22(19-33)15-23(14-21)20-33/h7-12,16-17,21-23,36H,13-15,18-20H2,1-6H3. The van der Waals surface area contributed by atoms with Crippen molar-refractivity contribution in [2.75, 3.05) is 7.11 Å². The smallest absolute Gasteiger partial charge is 0.229 e. The molecule has 0 amide bonds. The second-order valence-electron chi connectivity index (χ2n) is 13.4. The third kappa shape index (κ3) is 4.08. The van der Waals surface area contributed by atoms with E-state index in [4.69, 9.17) is 9.16 Å². The molecule has 0 unspecified atom stereocenters. The largest absolute Gasteiger partial charge is 0.546 e. The number of hydrogen-bond donors (Lipinski definition) is 0. The molecule has 190 valence electrons. The highest BCUT2D eigenvalue weighted by Gasteiger charge is 2.52. The molecule has 3 aromatic rings. The van der Waals surface area contributed by atoms with Crippen molar-refractivity contribution in [3.63, 3.8) is 0 Å². The molecule has 4 saturated carbocycles. The molecule has 3 aromatic carbocycles. The zero-order valence-corrected chi connectivity index (χ0v) is 24.1. The second-order valence-corrected chi connectivity index (χ2v) is 15.7. The van der Waals surface area contributed by atoms with Crippen molar-refractivity contribution in [3.05, 3.63) is 59.7 Å². The van der Waals surface area contributed by atoms with Gasteiger partial charge in [-0.3, -0.25) is 0 Å². The first-order valence-electron chi connectivity index (χ1n) is 14.1. The lowest BCUT2D eigenvalue weighted by molar-refractivity contribution is -0.00613. The monoisotopic (exact) mass is 498 g/mol. The maximum absolute atomic E-state index is 6.54. The Morgan fingerprint density at radius 2 is 1.42 bits per heavy atom. The van der Waals surface area contributed by atoms with Gasteiger partial charge in [-0.1, -0.05) is 51.1 Å². The summed E-state index contributed by atoms with van der Waals surface area (Å²) < 4.78 is 12.5. The fourth-order valence-corrected chi connectivity index (χ4v) is 8.90. The Morgan fingerprint density at radius 3 is 2.00 bits per heavy atom. The molecule has 0 radical (unpaired) electrons. The van der Waals surface area contributed by atoms with E-state index >= 15 is 0 Å². The van der Waals surface area contributed by atoms with Crippen LogP contribution >= 0.6 is 0 Å². The van der Waals surface area contributed by atoms with Crippen LogP contribution in [0.1, 0.15) is 70.4 Å². The van der Waals surface area contributed by atoms with Gasteiger partial charge in [-0.2, -0.15) is 0 Å². The summed E-state index contributed by atoms with van der Waals surface area (Å²) in [5.74, 6) is 4.95. The van der Waals surface area contributed by atoms with Crippen molar-refractivity contribution in [1.29, 1.82) is 0 Å². The summed E-state index contributed by atoms with van der Waals surface area (Å²) in [4.78, 5) is 0. The Labute approximate surface area is 219 Å². The van der Waals surface area contributed by atoms with Crippen LogP contribution in [-0.2, 0) is 10.8 Å². The second kappa shape index (κ2) is 8.65. The SMILES string of the molecule is COc1ccc(-c2ccc3c(O[SiH](C)C)c(C(C)(C)C)ccc3c2)cc1C12CC3CC(CC(C3)C1)C2. The van der Waals surface area contributed by atoms with Crippen molar-refractivity contribution in [3.8, 4) is 22.6 Å². The zero-order valence-electron chi connectivity index (χ0n) is 23.0. The lowest BCUT2D eigenvalue weighted by Gasteiger charge is -2.57. The van der Waals surface area contributed by atoms with Crippen molar-refractivity contribution < 1.29 is 9.16 Å². The summed E-state index contributed by atoms with van der Waals surface area (Å²) in [6.45, 7) is 11.3. The van der Waals surface area contributed by atoms with Gasteiger partial charge in [0.15, 0.2) is 0 Å². The molecule has 4 fully saturated rings. The van der Waals surface area contributed by atoms with Gasteiger partial charge in [-0.15, -0.1) is 0 Å². The number of methoxy groups -OCH3 is 1. The third-order valence-electron chi connectivity index (χ3n) is 9.27. The van der Waals surface area contributed by atoms with E-state index in [1.54, 1.807) is 0 Å². The topological polar surface area (TPSA) is 18.5 Å². The Bertz CT molecular complexity index is 1260. The van der Waals surface area contributed by atoms with Gasteiger partial charge in [-0.05, 0) is 120 Å². The van der Waals surface area contributed by atoms with E-state index in [1.807, 2.05) is 7.11 Å². The molecule has 4 aliphatic rings. The van der Waals surface area contributed by atoms with Crippen LogP contribution in [0.3, 0.4) is 0 Å². The van der Waals surface area contributed by atoms with Gasteiger partial charge < -0.3 is 9.16 Å². The van der Waals surface area contributed by atoms with Crippen LogP contribution in [0.4, 0.5) is 0 Å². The molecule has 4 aliphatic carbocycles. The Hall–Kier alpha value is -2.26. The van der Waals surface area contributed by atoms with Crippen molar-refractivity contribution >= 4 is 19.8 Å². The third-order valence-corrected chi connectivity index (χ3v) is 9.98. The Balaban J connectivity index is 1.44. The molecular formula is C33H42O2Si. The maximum atomic E-state index is 6.54. The normalized spacial score (nSPS) is 27.1. The molecule has 0 aromatic heterocycles. The highest BCUT2D eigenvalue weighted by molar-refractivity contribution is 6.49. The Kier molecular flexibility index (Phi) is 5.79. The first kappa shape index (κ1) is 24.1. The van der Waals surface area contributed by atoms with Crippen LogP contribution < -0.4 is 9.16 Å². The predicted molar refractivity (Wildman–Crippen MR) is 154 cm³/mol. The zero-order chi connectivity index (χ0) is 25.2. The molecule has 7 rings (SSSR count). The summed E-state index contributed by atoms with van der Waals surface area (Å²) >= 11 is 0. The summed E-state index contributed by atoms with van der Waals surface area (Å²) in [5, 5.41) is 2.50. The molecule has 0 spiro atoms. The minimum atomic E-state index is -1.24. The minimum Gasteiger partial charge on any atom is -0.546 e. The number of rotatable bonds is 5. The van der Waals surface area contributed by atoms with E-state index in [-0.39, 0.29) is 5.41 Å². The molecule has 3 heteroatoms. The predicted octanol–water partition coefficient (Wildman–Crippen LogP) is 8.64. The Morgan fingerprint density at radius 1 is 0.806 bits per heavy atom. The van der Waals surface area contributed by atoms with Crippen LogP contribution in [0.2, 0.25) is 13.1 Å². The highest BCUT2D eigenvalue weighted by Crippen LogP contribution is 2.62. The van der Waals surface area contributed by atoms with E-state index in [0.717, 1.165) is 29.3 Å². The van der Waals surface area contributed by atoms with E-state index in [0.29, 0.717) is 5.41 Å². The molecule has 0 N–H and O–H groups in total. The molecule has 4 bridgehead atoms. The number of fused-ring (bicyclic) bond motifs is 1. The fraction of sp³-hybridized carbons (Fsp3) is 0.515. The van der Waals surface area contributed by atoms with Gasteiger partial charge >= 0.3 is 0 Å². The quantitative estimate of drug-likeness (QED) is 0.328. The van der Waals surface area contributed by atoms with E-state index < -0.39 is 9.04 Å². The first-order valence-corrected chi connectivity index (χ1v) is 16.9. The molecule has 2 nitrogen and oxygen atoms in total. The first-order chi connectivity index (χ1) is 17.1. The van der Waals surface area contributed by atoms with Crippen LogP contribution in [0.25, 0.3) is 21.9 Å². The summed E-state index contributed by atoms with van der Waals surface area (Å²) in [6, 6.07) is 18.5.